The lowest BCUT2D eigenvalue weighted by Crippen LogP contribution is -2.29. The van der Waals surface area contributed by atoms with Crippen molar-refractivity contribution in [1.82, 2.24) is 9.97 Å². The highest BCUT2D eigenvalue weighted by Gasteiger charge is 2.18. The van der Waals surface area contributed by atoms with Gasteiger partial charge in [0, 0.05) is 24.3 Å². The van der Waals surface area contributed by atoms with Crippen LogP contribution in [0, 0.1) is 5.92 Å². The van der Waals surface area contributed by atoms with Gasteiger partial charge in [0.1, 0.15) is 12.1 Å². The van der Waals surface area contributed by atoms with Crippen molar-refractivity contribution in [3.05, 3.63) is 18.1 Å². The quantitative estimate of drug-likeness (QED) is 0.836. The van der Waals surface area contributed by atoms with Gasteiger partial charge in [0.15, 0.2) is 0 Å². The number of anilines is 1. The third-order valence-electron chi connectivity index (χ3n) is 3.55. The Hall–Kier alpha value is -1.16. The predicted octanol–water partition coefficient (Wildman–Crippen LogP) is 1.97. The molecular formula is C13H22N4. The minimum Gasteiger partial charge on any atom is -0.370 e. The summed E-state index contributed by atoms with van der Waals surface area (Å²) in [4.78, 5) is 8.43. The molecule has 1 heterocycles. The third-order valence-corrected chi connectivity index (χ3v) is 3.55. The number of nitrogens with two attached hydrogens (primary N) is 1. The summed E-state index contributed by atoms with van der Waals surface area (Å²) in [6.07, 6.45) is 7.39. The smallest absolute Gasteiger partial charge is 0.129 e. The first-order valence-corrected chi connectivity index (χ1v) is 6.58. The van der Waals surface area contributed by atoms with Crippen molar-refractivity contribution in [3.8, 4) is 0 Å². The summed E-state index contributed by atoms with van der Waals surface area (Å²) in [5, 5.41) is 3.41. The van der Waals surface area contributed by atoms with Crippen molar-refractivity contribution in [2.45, 2.75) is 45.1 Å². The average molecular weight is 234 g/mol. The van der Waals surface area contributed by atoms with E-state index in [2.05, 4.69) is 22.2 Å². The molecule has 0 unspecified atom stereocenters. The molecule has 0 amide bonds. The van der Waals surface area contributed by atoms with Crippen LogP contribution in [0.3, 0.4) is 0 Å². The number of nitrogens with one attached hydrogen (secondary N) is 1. The molecule has 3 N–H and O–H groups in total. The molecule has 0 saturated heterocycles. The van der Waals surface area contributed by atoms with Crippen LogP contribution >= 0.6 is 0 Å². The minimum atomic E-state index is 0.428. The van der Waals surface area contributed by atoms with Crippen molar-refractivity contribution in [1.29, 1.82) is 0 Å². The first-order valence-electron chi connectivity index (χ1n) is 6.58. The maximum absolute atomic E-state index is 5.90. The number of nitrogens with zero attached hydrogens (tertiary/aromatic N) is 2. The van der Waals surface area contributed by atoms with E-state index in [1.807, 2.05) is 6.07 Å². The van der Waals surface area contributed by atoms with Crippen molar-refractivity contribution in [2.24, 2.45) is 11.7 Å². The van der Waals surface area contributed by atoms with Crippen LogP contribution in [-0.2, 0) is 6.42 Å². The highest BCUT2D eigenvalue weighted by atomic mass is 15.0. The molecule has 0 spiro atoms. The summed E-state index contributed by atoms with van der Waals surface area (Å²) in [6, 6.07) is 2.46. The van der Waals surface area contributed by atoms with Crippen molar-refractivity contribution >= 4 is 5.82 Å². The topological polar surface area (TPSA) is 63.8 Å². The van der Waals surface area contributed by atoms with E-state index in [0.717, 1.165) is 43.2 Å². The first-order chi connectivity index (χ1) is 8.28. The molecule has 1 aliphatic carbocycles. The Morgan fingerprint density at radius 2 is 2.06 bits per heavy atom. The van der Waals surface area contributed by atoms with E-state index in [1.165, 1.54) is 12.8 Å². The molecule has 2 rings (SSSR count). The van der Waals surface area contributed by atoms with Gasteiger partial charge in [-0.1, -0.05) is 6.92 Å². The van der Waals surface area contributed by atoms with Crippen molar-refractivity contribution in [3.63, 3.8) is 0 Å². The fraction of sp³-hybridized carbons (Fsp3) is 0.692. The van der Waals surface area contributed by atoms with Gasteiger partial charge in [-0.05, 0) is 38.0 Å². The molecule has 1 aliphatic rings. The molecule has 0 aromatic carbocycles. The zero-order chi connectivity index (χ0) is 12.1. The number of aromatic nitrogens is 2. The molecule has 0 atom stereocenters. The number of aryl methyl sites for hydroxylation is 1. The molecule has 0 aliphatic heterocycles. The van der Waals surface area contributed by atoms with Crippen LogP contribution in [0.4, 0.5) is 5.82 Å². The van der Waals surface area contributed by atoms with Gasteiger partial charge in [-0.3, -0.25) is 0 Å². The number of hydrogen-bond donors (Lipinski definition) is 2. The van der Waals surface area contributed by atoms with E-state index in [-0.39, 0.29) is 0 Å². The van der Waals surface area contributed by atoms with Crippen LogP contribution in [0.15, 0.2) is 12.4 Å². The highest BCUT2D eigenvalue weighted by molar-refractivity contribution is 5.34. The van der Waals surface area contributed by atoms with E-state index < -0.39 is 0 Å². The fourth-order valence-electron chi connectivity index (χ4n) is 2.33. The molecule has 1 saturated carbocycles. The summed E-state index contributed by atoms with van der Waals surface area (Å²) in [6.45, 7) is 3.11. The molecular weight excluding hydrogens is 212 g/mol. The third kappa shape index (κ3) is 3.66. The lowest BCUT2D eigenvalue weighted by atomic mass is 9.86. The van der Waals surface area contributed by atoms with Gasteiger partial charge in [-0.2, -0.15) is 0 Å². The van der Waals surface area contributed by atoms with Crippen LogP contribution in [0.5, 0.6) is 0 Å². The fourth-order valence-corrected chi connectivity index (χ4v) is 2.33. The van der Waals surface area contributed by atoms with Crippen molar-refractivity contribution < 1.29 is 0 Å². The second-order valence-electron chi connectivity index (χ2n) is 4.91. The molecule has 1 fully saturated rings. The standard InChI is InChI=1S/C13H22N4/c1-2-12-7-13(17-9-16-12)15-8-10-3-5-11(14)6-4-10/h7,9-11H,2-6,8,14H2,1H3,(H,15,16,17). The Kier molecular flexibility index (Phi) is 4.31. The number of hydrogen-bond acceptors (Lipinski definition) is 4. The Balaban J connectivity index is 1.81. The Morgan fingerprint density at radius 1 is 1.29 bits per heavy atom. The molecule has 4 nitrogen and oxygen atoms in total. The largest absolute Gasteiger partial charge is 0.370 e. The SMILES string of the molecule is CCc1cc(NCC2CCC(N)CC2)ncn1. The van der Waals surface area contributed by atoms with Gasteiger partial charge in [0.25, 0.3) is 0 Å². The molecule has 17 heavy (non-hydrogen) atoms. The Bertz CT molecular complexity index is 345. The molecule has 94 valence electrons. The number of rotatable bonds is 4. The molecule has 0 bridgehead atoms. The van der Waals surface area contributed by atoms with Crippen LogP contribution in [0.2, 0.25) is 0 Å². The van der Waals surface area contributed by atoms with E-state index in [0.29, 0.717) is 6.04 Å². The summed E-state index contributed by atoms with van der Waals surface area (Å²) >= 11 is 0. The van der Waals surface area contributed by atoms with E-state index in [4.69, 9.17) is 5.73 Å². The van der Waals surface area contributed by atoms with Crippen LogP contribution < -0.4 is 11.1 Å². The van der Waals surface area contributed by atoms with Gasteiger partial charge in [0.2, 0.25) is 0 Å². The zero-order valence-electron chi connectivity index (χ0n) is 10.5. The molecule has 4 heteroatoms. The van der Waals surface area contributed by atoms with E-state index in [1.54, 1.807) is 6.33 Å². The molecule has 0 radical (unpaired) electrons. The monoisotopic (exact) mass is 234 g/mol. The highest BCUT2D eigenvalue weighted by Crippen LogP contribution is 2.23. The molecule has 1 aromatic heterocycles. The summed E-state index contributed by atoms with van der Waals surface area (Å²) < 4.78 is 0. The van der Waals surface area contributed by atoms with Gasteiger partial charge < -0.3 is 11.1 Å². The van der Waals surface area contributed by atoms with E-state index >= 15 is 0 Å². The first kappa shape index (κ1) is 12.3. The molecule has 1 aromatic rings. The Morgan fingerprint density at radius 3 is 2.76 bits per heavy atom. The Labute approximate surface area is 103 Å². The summed E-state index contributed by atoms with van der Waals surface area (Å²) in [5.74, 6) is 1.70. The summed E-state index contributed by atoms with van der Waals surface area (Å²) in [5.41, 5.74) is 6.99. The second kappa shape index (κ2) is 5.96. The van der Waals surface area contributed by atoms with Crippen LogP contribution in [0.25, 0.3) is 0 Å². The average Bonchev–Trinajstić information content (AvgIpc) is 2.38. The van der Waals surface area contributed by atoms with Gasteiger partial charge >= 0.3 is 0 Å². The zero-order valence-corrected chi connectivity index (χ0v) is 10.5. The van der Waals surface area contributed by atoms with Crippen molar-refractivity contribution in [2.75, 3.05) is 11.9 Å². The van der Waals surface area contributed by atoms with Gasteiger partial charge in [-0.25, -0.2) is 9.97 Å². The summed E-state index contributed by atoms with van der Waals surface area (Å²) in [7, 11) is 0. The van der Waals surface area contributed by atoms with E-state index in [9.17, 15) is 0 Å². The van der Waals surface area contributed by atoms with Crippen LogP contribution in [0.1, 0.15) is 38.3 Å². The lowest BCUT2D eigenvalue weighted by Gasteiger charge is -2.26. The maximum Gasteiger partial charge on any atom is 0.129 e. The normalized spacial score (nSPS) is 24.6. The lowest BCUT2D eigenvalue weighted by molar-refractivity contribution is 0.338. The van der Waals surface area contributed by atoms with Crippen LogP contribution in [-0.4, -0.2) is 22.6 Å². The second-order valence-corrected chi connectivity index (χ2v) is 4.91. The predicted molar refractivity (Wildman–Crippen MR) is 69.8 cm³/mol. The maximum atomic E-state index is 5.90. The minimum absolute atomic E-state index is 0.428. The van der Waals surface area contributed by atoms with Gasteiger partial charge in [0.05, 0.1) is 0 Å². The van der Waals surface area contributed by atoms with Gasteiger partial charge in [-0.15, -0.1) is 0 Å².